The molecule has 0 spiro atoms. The summed E-state index contributed by atoms with van der Waals surface area (Å²) in [5.41, 5.74) is 0.932. The van der Waals surface area contributed by atoms with E-state index in [1.165, 1.54) is 19.0 Å². The molecule has 3 heterocycles. The van der Waals surface area contributed by atoms with Crippen LogP contribution in [0.2, 0.25) is 0 Å². The Balaban J connectivity index is 1.73. The maximum absolute atomic E-state index is 13.2. The number of aromatic nitrogens is 1. The zero-order valence-corrected chi connectivity index (χ0v) is 9.90. The van der Waals surface area contributed by atoms with Gasteiger partial charge in [-0.05, 0) is 37.8 Å². The SMILES string of the molecule is Fc1cncc(N2CC[C@@H]3CNCC[C@@H]3C2)c1. The van der Waals surface area contributed by atoms with Gasteiger partial charge in [-0.25, -0.2) is 4.39 Å². The van der Waals surface area contributed by atoms with Gasteiger partial charge in [-0.1, -0.05) is 0 Å². The van der Waals surface area contributed by atoms with Crippen molar-refractivity contribution in [1.82, 2.24) is 10.3 Å². The predicted molar refractivity (Wildman–Crippen MR) is 65.5 cm³/mol. The highest BCUT2D eigenvalue weighted by Crippen LogP contribution is 2.30. The monoisotopic (exact) mass is 235 g/mol. The Morgan fingerprint density at radius 2 is 2.24 bits per heavy atom. The molecule has 1 aromatic rings. The van der Waals surface area contributed by atoms with Crippen LogP contribution in [0.5, 0.6) is 0 Å². The van der Waals surface area contributed by atoms with Gasteiger partial charge in [0.2, 0.25) is 0 Å². The molecule has 0 radical (unpaired) electrons. The third kappa shape index (κ3) is 2.27. The summed E-state index contributed by atoms with van der Waals surface area (Å²) in [4.78, 5) is 6.21. The van der Waals surface area contributed by atoms with Crippen LogP contribution in [-0.4, -0.2) is 31.2 Å². The lowest BCUT2D eigenvalue weighted by atomic mass is 9.81. The Labute approximate surface area is 101 Å². The van der Waals surface area contributed by atoms with Crippen molar-refractivity contribution < 1.29 is 4.39 Å². The van der Waals surface area contributed by atoms with E-state index in [9.17, 15) is 4.39 Å². The van der Waals surface area contributed by atoms with Crippen molar-refractivity contribution in [2.75, 3.05) is 31.1 Å². The summed E-state index contributed by atoms with van der Waals surface area (Å²) in [6.07, 6.45) is 5.48. The zero-order chi connectivity index (χ0) is 11.7. The Kier molecular flexibility index (Phi) is 2.97. The van der Waals surface area contributed by atoms with E-state index in [0.717, 1.165) is 43.7 Å². The second kappa shape index (κ2) is 4.61. The van der Waals surface area contributed by atoms with Crippen LogP contribution >= 0.6 is 0 Å². The summed E-state index contributed by atoms with van der Waals surface area (Å²) in [7, 11) is 0. The topological polar surface area (TPSA) is 28.2 Å². The van der Waals surface area contributed by atoms with Crippen molar-refractivity contribution in [3.8, 4) is 0 Å². The summed E-state index contributed by atoms with van der Waals surface area (Å²) in [6, 6.07) is 1.59. The highest BCUT2D eigenvalue weighted by Gasteiger charge is 2.31. The van der Waals surface area contributed by atoms with Gasteiger partial charge in [-0.3, -0.25) is 4.98 Å². The highest BCUT2D eigenvalue weighted by atomic mass is 19.1. The van der Waals surface area contributed by atoms with Gasteiger partial charge >= 0.3 is 0 Å². The molecule has 2 aliphatic heterocycles. The number of hydrogen-bond acceptors (Lipinski definition) is 3. The summed E-state index contributed by atoms with van der Waals surface area (Å²) in [6.45, 7) is 4.35. The maximum atomic E-state index is 13.2. The largest absolute Gasteiger partial charge is 0.370 e. The molecular formula is C13H18FN3. The second-order valence-corrected chi connectivity index (χ2v) is 5.11. The molecule has 0 unspecified atom stereocenters. The predicted octanol–water partition coefficient (Wildman–Crippen LogP) is 1.66. The minimum absolute atomic E-state index is 0.241. The number of rotatable bonds is 1. The molecule has 0 aromatic carbocycles. The summed E-state index contributed by atoms with van der Waals surface area (Å²) < 4.78 is 13.2. The third-order valence-electron chi connectivity index (χ3n) is 4.05. The number of nitrogens with one attached hydrogen (secondary N) is 1. The summed E-state index contributed by atoms with van der Waals surface area (Å²) in [5.74, 6) is 1.32. The summed E-state index contributed by atoms with van der Waals surface area (Å²) >= 11 is 0. The number of anilines is 1. The molecular weight excluding hydrogens is 217 g/mol. The molecule has 4 heteroatoms. The lowest BCUT2D eigenvalue weighted by molar-refractivity contribution is 0.218. The quantitative estimate of drug-likeness (QED) is 0.802. The van der Waals surface area contributed by atoms with Gasteiger partial charge in [-0.15, -0.1) is 0 Å². The molecule has 0 aliphatic carbocycles. The minimum Gasteiger partial charge on any atom is -0.370 e. The lowest BCUT2D eigenvalue weighted by Crippen LogP contribution is -2.48. The molecule has 1 N–H and O–H groups in total. The van der Waals surface area contributed by atoms with E-state index < -0.39 is 0 Å². The average Bonchev–Trinajstić information content (AvgIpc) is 2.38. The van der Waals surface area contributed by atoms with Crippen LogP contribution < -0.4 is 10.2 Å². The van der Waals surface area contributed by atoms with E-state index in [4.69, 9.17) is 0 Å². The van der Waals surface area contributed by atoms with Crippen molar-refractivity contribution >= 4 is 5.69 Å². The van der Waals surface area contributed by atoms with Crippen molar-refractivity contribution in [3.63, 3.8) is 0 Å². The average molecular weight is 235 g/mol. The number of fused-ring (bicyclic) bond motifs is 1. The van der Waals surface area contributed by atoms with Gasteiger partial charge in [-0.2, -0.15) is 0 Å². The van der Waals surface area contributed by atoms with Crippen molar-refractivity contribution in [2.45, 2.75) is 12.8 Å². The van der Waals surface area contributed by atoms with E-state index in [2.05, 4.69) is 15.2 Å². The van der Waals surface area contributed by atoms with E-state index in [1.54, 1.807) is 12.3 Å². The molecule has 17 heavy (non-hydrogen) atoms. The zero-order valence-electron chi connectivity index (χ0n) is 9.90. The molecule has 2 aliphatic rings. The Bertz CT molecular complexity index is 396. The molecule has 3 rings (SSSR count). The fraction of sp³-hybridized carbons (Fsp3) is 0.615. The normalized spacial score (nSPS) is 28.9. The fourth-order valence-corrected chi connectivity index (χ4v) is 3.06. The van der Waals surface area contributed by atoms with Crippen molar-refractivity contribution in [3.05, 3.63) is 24.3 Å². The van der Waals surface area contributed by atoms with Gasteiger partial charge in [0.25, 0.3) is 0 Å². The molecule has 1 aromatic heterocycles. The molecule has 3 nitrogen and oxygen atoms in total. The number of halogens is 1. The molecule has 92 valence electrons. The molecule has 0 bridgehead atoms. The third-order valence-corrected chi connectivity index (χ3v) is 4.05. The van der Waals surface area contributed by atoms with E-state index in [-0.39, 0.29) is 5.82 Å². The van der Waals surface area contributed by atoms with Gasteiger partial charge in [0.05, 0.1) is 18.1 Å². The van der Waals surface area contributed by atoms with Gasteiger partial charge in [0.1, 0.15) is 5.82 Å². The van der Waals surface area contributed by atoms with Gasteiger partial charge in [0, 0.05) is 19.2 Å². The van der Waals surface area contributed by atoms with E-state index >= 15 is 0 Å². The van der Waals surface area contributed by atoms with Crippen LogP contribution in [0, 0.1) is 17.7 Å². The summed E-state index contributed by atoms with van der Waals surface area (Å²) in [5, 5.41) is 3.46. The van der Waals surface area contributed by atoms with Crippen molar-refractivity contribution in [2.24, 2.45) is 11.8 Å². The Morgan fingerprint density at radius 1 is 1.29 bits per heavy atom. The first kappa shape index (κ1) is 11.0. The smallest absolute Gasteiger partial charge is 0.143 e. The molecule has 2 saturated heterocycles. The highest BCUT2D eigenvalue weighted by molar-refractivity contribution is 5.44. The fourth-order valence-electron chi connectivity index (χ4n) is 3.06. The number of hydrogen-bond donors (Lipinski definition) is 1. The van der Waals surface area contributed by atoms with Crippen LogP contribution in [0.1, 0.15) is 12.8 Å². The number of nitrogens with zero attached hydrogens (tertiary/aromatic N) is 2. The first-order valence-electron chi connectivity index (χ1n) is 6.39. The maximum Gasteiger partial charge on any atom is 0.143 e. The van der Waals surface area contributed by atoms with E-state index in [1.807, 2.05) is 0 Å². The van der Waals surface area contributed by atoms with Crippen LogP contribution in [0.4, 0.5) is 10.1 Å². The number of pyridine rings is 1. The molecule has 2 atom stereocenters. The molecule has 2 fully saturated rings. The van der Waals surface area contributed by atoms with Crippen LogP contribution in [-0.2, 0) is 0 Å². The number of piperidine rings is 2. The second-order valence-electron chi connectivity index (χ2n) is 5.11. The molecule has 0 saturated carbocycles. The van der Waals surface area contributed by atoms with Gasteiger partial charge < -0.3 is 10.2 Å². The van der Waals surface area contributed by atoms with Crippen molar-refractivity contribution in [1.29, 1.82) is 0 Å². The first-order chi connectivity index (χ1) is 8.33. The Hall–Kier alpha value is -1.16. The standard InChI is InChI=1S/C13H18FN3/c14-12-5-13(8-16-7-12)17-4-2-10-6-15-3-1-11(10)9-17/h5,7-8,10-11,15H,1-4,6,9H2/t10-,11-/m1/s1. The Morgan fingerprint density at radius 3 is 3.12 bits per heavy atom. The van der Waals surface area contributed by atoms with Crippen LogP contribution in [0.3, 0.4) is 0 Å². The molecule has 0 amide bonds. The van der Waals surface area contributed by atoms with Gasteiger partial charge in [0.15, 0.2) is 0 Å². The van der Waals surface area contributed by atoms with E-state index in [0.29, 0.717) is 0 Å². The first-order valence-corrected chi connectivity index (χ1v) is 6.39. The lowest BCUT2D eigenvalue weighted by Gasteiger charge is -2.42. The van der Waals surface area contributed by atoms with Crippen LogP contribution in [0.15, 0.2) is 18.5 Å². The minimum atomic E-state index is -0.241. The van der Waals surface area contributed by atoms with Crippen LogP contribution in [0.25, 0.3) is 0 Å².